The molecule has 1 saturated carbocycles. The molecule has 9 heteroatoms. The number of sulfone groups is 1. The Morgan fingerprint density at radius 2 is 1.71 bits per heavy atom. The van der Waals surface area contributed by atoms with Crippen LogP contribution < -0.4 is 15.5 Å². The highest BCUT2D eigenvalue weighted by Crippen LogP contribution is 2.30. The van der Waals surface area contributed by atoms with E-state index in [-0.39, 0.29) is 29.0 Å². The Bertz CT molecular complexity index is 1350. The van der Waals surface area contributed by atoms with Gasteiger partial charge in [0.1, 0.15) is 5.54 Å². The summed E-state index contributed by atoms with van der Waals surface area (Å²) < 4.78 is 24.4. The number of Topliss-reactive ketones (excluding diaryl/α,β-unsaturated/α-hetero) is 1. The van der Waals surface area contributed by atoms with Crippen molar-refractivity contribution < 1.29 is 22.8 Å². The summed E-state index contributed by atoms with van der Waals surface area (Å²) in [5, 5.41) is 5.87. The minimum absolute atomic E-state index is 0.00396. The average Bonchev–Trinajstić information content (AvgIpc) is 2.89. The first-order valence-corrected chi connectivity index (χ1v) is 14.9. The fourth-order valence-electron chi connectivity index (χ4n) is 5.29. The standard InChI is InChI=1S/C29H35N3O5S/c1-21-10-4-5-11-22(21)14-15-27(34)31-29(17-8-3-9-18-29)28(35)30-23-16-19-32(20-25(23)33)24-12-6-7-13-26(24)38(2,36)37/h4-7,10-15,23H,3,8-9,16-20H2,1-2H3,(H,30,35)(H,31,34)/b15-14+. The van der Waals surface area contributed by atoms with Crippen molar-refractivity contribution in [3.63, 3.8) is 0 Å². The zero-order valence-corrected chi connectivity index (χ0v) is 22.7. The lowest BCUT2D eigenvalue weighted by atomic mass is 9.80. The number of benzene rings is 2. The molecule has 8 nitrogen and oxygen atoms in total. The molecule has 1 saturated heterocycles. The highest BCUT2D eigenvalue weighted by molar-refractivity contribution is 7.90. The summed E-state index contributed by atoms with van der Waals surface area (Å²) in [7, 11) is -3.46. The number of para-hydroxylation sites is 1. The third kappa shape index (κ3) is 6.32. The summed E-state index contributed by atoms with van der Waals surface area (Å²) in [6.07, 6.45) is 8.32. The number of hydrogen-bond donors (Lipinski definition) is 2. The molecule has 0 radical (unpaired) electrons. The summed E-state index contributed by atoms with van der Waals surface area (Å²) in [6.45, 7) is 2.38. The Labute approximate surface area is 224 Å². The minimum Gasteiger partial charge on any atom is -0.363 e. The fraction of sp³-hybridized carbons (Fsp3) is 0.414. The van der Waals surface area contributed by atoms with Gasteiger partial charge >= 0.3 is 0 Å². The zero-order valence-electron chi connectivity index (χ0n) is 21.9. The normalized spacial score (nSPS) is 19.8. The van der Waals surface area contributed by atoms with E-state index in [1.165, 1.54) is 12.1 Å². The molecular formula is C29H35N3O5S. The van der Waals surface area contributed by atoms with Crippen molar-refractivity contribution in [3.8, 4) is 0 Å². The first kappa shape index (κ1) is 27.6. The third-order valence-corrected chi connectivity index (χ3v) is 8.58. The second-order valence-electron chi connectivity index (χ2n) is 10.3. The summed E-state index contributed by atoms with van der Waals surface area (Å²) in [5.41, 5.74) is 1.40. The minimum atomic E-state index is -3.46. The maximum atomic E-state index is 13.5. The number of anilines is 1. The van der Waals surface area contributed by atoms with Gasteiger partial charge < -0.3 is 15.5 Å². The summed E-state index contributed by atoms with van der Waals surface area (Å²) in [4.78, 5) is 41.4. The third-order valence-electron chi connectivity index (χ3n) is 7.44. The van der Waals surface area contributed by atoms with Crippen molar-refractivity contribution in [1.82, 2.24) is 10.6 Å². The maximum Gasteiger partial charge on any atom is 0.246 e. The van der Waals surface area contributed by atoms with Crippen LogP contribution in [0.1, 0.15) is 49.7 Å². The van der Waals surface area contributed by atoms with Crippen molar-refractivity contribution in [2.75, 3.05) is 24.2 Å². The molecule has 202 valence electrons. The van der Waals surface area contributed by atoms with Gasteiger partial charge in [0, 0.05) is 18.9 Å². The highest BCUT2D eigenvalue weighted by atomic mass is 32.2. The number of amides is 2. The molecule has 0 bridgehead atoms. The summed E-state index contributed by atoms with van der Waals surface area (Å²) in [6, 6.07) is 13.7. The van der Waals surface area contributed by atoms with Crippen LogP contribution in [0.5, 0.6) is 0 Å². The quantitative estimate of drug-likeness (QED) is 0.525. The number of carbonyl (C=O) groups is 3. The largest absolute Gasteiger partial charge is 0.363 e. The number of aryl methyl sites for hydroxylation is 1. The van der Waals surface area contributed by atoms with Crippen molar-refractivity contribution in [2.24, 2.45) is 0 Å². The van der Waals surface area contributed by atoms with E-state index < -0.39 is 21.4 Å². The van der Waals surface area contributed by atoms with Crippen LogP contribution in [0, 0.1) is 6.92 Å². The molecule has 1 atom stereocenters. The number of ketones is 1. The van der Waals surface area contributed by atoms with E-state index in [1.54, 1.807) is 29.2 Å². The van der Waals surface area contributed by atoms with Gasteiger partial charge in [0.25, 0.3) is 0 Å². The summed E-state index contributed by atoms with van der Waals surface area (Å²) in [5.74, 6) is -0.869. The van der Waals surface area contributed by atoms with E-state index in [4.69, 9.17) is 0 Å². The lowest BCUT2D eigenvalue weighted by molar-refractivity contribution is -0.136. The molecule has 0 aromatic heterocycles. The highest BCUT2D eigenvalue weighted by Gasteiger charge is 2.42. The zero-order chi connectivity index (χ0) is 27.3. The molecule has 1 aliphatic heterocycles. The predicted molar refractivity (Wildman–Crippen MR) is 147 cm³/mol. The summed E-state index contributed by atoms with van der Waals surface area (Å²) >= 11 is 0. The molecule has 38 heavy (non-hydrogen) atoms. The molecule has 1 aliphatic carbocycles. The molecule has 1 unspecified atom stereocenters. The van der Waals surface area contributed by atoms with Gasteiger partial charge in [-0.1, -0.05) is 55.7 Å². The molecule has 2 aromatic rings. The van der Waals surface area contributed by atoms with Crippen LogP contribution in [0.2, 0.25) is 0 Å². The van der Waals surface area contributed by atoms with Crippen molar-refractivity contribution in [2.45, 2.75) is 61.9 Å². The van der Waals surface area contributed by atoms with Gasteiger partial charge in [-0.25, -0.2) is 8.42 Å². The van der Waals surface area contributed by atoms with E-state index in [9.17, 15) is 22.8 Å². The van der Waals surface area contributed by atoms with E-state index in [0.717, 1.165) is 36.6 Å². The van der Waals surface area contributed by atoms with Gasteiger partial charge in [0.2, 0.25) is 11.8 Å². The topological polar surface area (TPSA) is 113 Å². The lowest BCUT2D eigenvalue weighted by Crippen LogP contribution is -2.63. The first-order chi connectivity index (χ1) is 18.1. The monoisotopic (exact) mass is 537 g/mol. The number of hydrogen-bond acceptors (Lipinski definition) is 6. The van der Waals surface area contributed by atoms with Gasteiger partial charge in [-0.3, -0.25) is 14.4 Å². The Hall–Kier alpha value is -3.46. The molecule has 2 aliphatic rings. The van der Waals surface area contributed by atoms with Crippen LogP contribution in [0.25, 0.3) is 6.08 Å². The van der Waals surface area contributed by atoms with Crippen LogP contribution in [-0.4, -0.2) is 56.9 Å². The average molecular weight is 538 g/mol. The number of piperidine rings is 1. The van der Waals surface area contributed by atoms with Gasteiger partial charge in [-0.05, 0) is 55.5 Å². The molecular weight excluding hydrogens is 502 g/mol. The predicted octanol–water partition coefficient (Wildman–Crippen LogP) is 3.20. The Morgan fingerprint density at radius 1 is 1.03 bits per heavy atom. The number of rotatable bonds is 7. The maximum absolute atomic E-state index is 13.5. The Kier molecular flexibility index (Phi) is 8.35. The first-order valence-electron chi connectivity index (χ1n) is 13.0. The van der Waals surface area contributed by atoms with Crippen molar-refractivity contribution in [3.05, 3.63) is 65.7 Å². The van der Waals surface area contributed by atoms with Gasteiger partial charge in [-0.15, -0.1) is 0 Å². The number of carbonyl (C=O) groups excluding carboxylic acids is 3. The molecule has 2 amide bonds. The number of nitrogens with one attached hydrogen (secondary N) is 2. The Balaban J connectivity index is 1.44. The van der Waals surface area contributed by atoms with Gasteiger partial charge in [0.05, 0.1) is 23.2 Å². The van der Waals surface area contributed by atoms with E-state index in [1.807, 2.05) is 31.2 Å². The van der Waals surface area contributed by atoms with Gasteiger partial charge in [-0.2, -0.15) is 0 Å². The van der Waals surface area contributed by atoms with E-state index in [0.29, 0.717) is 31.5 Å². The van der Waals surface area contributed by atoms with Crippen molar-refractivity contribution >= 4 is 39.2 Å². The van der Waals surface area contributed by atoms with E-state index in [2.05, 4.69) is 10.6 Å². The molecule has 1 heterocycles. The van der Waals surface area contributed by atoms with Crippen molar-refractivity contribution in [1.29, 1.82) is 0 Å². The second kappa shape index (κ2) is 11.5. The number of nitrogens with zero attached hydrogens (tertiary/aromatic N) is 1. The Morgan fingerprint density at radius 3 is 2.39 bits per heavy atom. The second-order valence-corrected chi connectivity index (χ2v) is 12.2. The fourth-order valence-corrected chi connectivity index (χ4v) is 6.19. The van der Waals surface area contributed by atoms with E-state index >= 15 is 0 Å². The molecule has 2 aromatic carbocycles. The SMILES string of the molecule is Cc1ccccc1/C=C/C(=O)NC1(C(=O)NC2CCN(c3ccccc3S(C)(=O)=O)CC2=O)CCCCC1. The molecule has 0 spiro atoms. The molecule has 2 N–H and O–H groups in total. The van der Waals surface area contributed by atoms with Gasteiger partial charge in [0.15, 0.2) is 15.6 Å². The van der Waals surface area contributed by atoms with Crippen LogP contribution in [0.3, 0.4) is 0 Å². The smallest absolute Gasteiger partial charge is 0.246 e. The molecule has 4 rings (SSSR count). The van der Waals surface area contributed by atoms with Crippen LogP contribution in [-0.2, 0) is 24.2 Å². The van der Waals surface area contributed by atoms with Crippen LogP contribution in [0.4, 0.5) is 5.69 Å². The molecule has 2 fully saturated rings. The van der Waals surface area contributed by atoms with Crippen LogP contribution >= 0.6 is 0 Å². The lowest BCUT2D eigenvalue weighted by Gasteiger charge is -2.39. The van der Waals surface area contributed by atoms with Crippen LogP contribution in [0.15, 0.2) is 59.5 Å².